The Morgan fingerprint density at radius 3 is 2.17 bits per heavy atom. The molecular formula is C7H12F3NO. The van der Waals surface area contributed by atoms with Crippen LogP contribution in [0.3, 0.4) is 0 Å². The van der Waals surface area contributed by atoms with Gasteiger partial charge in [0.25, 0.3) is 0 Å². The molecule has 1 heterocycles. The number of alkyl halides is 3. The summed E-state index contributed by atoms with van der Waals surface area (Å²) in [6.45, 7) is 1.07. The Kier molecular flexibility index (Phi) is 2.95. The highest BCUT2D eigenvalue weighted by Gasteiger charge is 2.39. The second-order valence-electron chi connectivity index (χ2n) is 3.07. The number of nitrogens with zero attached hydrogens (tertiary/aromatic N) is 1. The molecular weight excluding hydrogens is 171 g/mol. The Labute approximate surface area is 69.0 Å². The van der Waals surface area contributed by atoms with E-state index in [1.54, 1.807) is 4.90 Å². The minimum Gasteiger partial charge on any atom is -0.382 e. The van der Waals surface area contributed by atoms with E-state index in [4.69, 9.17) is 5.11 Å². The Morgan fingerprint density at radius 2 is 1.75 bits per heavy atom. The zero-order chi connectivity index (χ0) is 9.19. The van der Waals surface area contributed by atoms with Gasteiger partial charge in [0, 0.05) is 6.54 Å². The summed E-state index contributed by atoms with van der Waals surface area (Å²) in [6.07, 6.45) is -4.78. The van der Waals surface area contributed by atoms with Crippen molar-refractivity contribution in [2.75, 3.05) is 19.6 Å². The maximum atomic E-state index is 11.8. The molecule has 2 nitrogen and oxygen atoms in total. The molecule has 1 rings (SSSR count). The molecule has 5 heteroatoms. The predicted octanol–water partition coefficient (Wildman–Crippen LogP) is 1.01. The highest BCUT2D eigenvalue weighted by atomic mass is 19.4. The number of β-amino-alcohol motifs (C(OH)–C–C–N with tert-alkyl or cyclic N) is 1. The van der Waals surface area contributed by atoms with Gasteiger partial charge in [-0.05, 0) is 25.9 Å². The second-order valence-corrected chi connectivity index (χ2v) is 3.07. The van der Waals surface area contributed by atoms with Gasteiger partial charge in [0.1, 0.15) is 0 Å². The van der Waals surface area contributed by atoms with Crippen molar-refractivity contribution in [3.8, 4) is 0 Å². The summed E-state index contributed by atoms with van der Waals surface area (Å²) in [5.74, 6) is 0. The standard InChI is InChI=1S/C7H12F3NO/c8-7(9,10)6(12)5-11-3-1-2-4-11/h6,12H,1-5H2. The monoisotopic (exact) mass is 183 g/mol. The number of rotatable bonds is 2. The molecule has 1 atom stereocenters. The van der Waals surface area contributed by atoms with Crippen LogP contribution in [0.4, 0.5) is 13.2 Å². The van der Waals surface area contributed by atoms with Gasteiger partial charge in [-0.2, -0.15) is 13.2 Å². The van der Waals surface area contributed by atoms with Gasteiger partial charge < -0.3 is 10.0 Å². The zero-order valence-electron chi connectivity index (χ0n) is 6.64. The zero-order valence-corrected chi connectivity index (χ0v) is 6.64. The molecule has 0 aliphatic carbocycles. The highest BCUT2D eigenvalue weighted by molar-refractivity contribution is 4.74. The van der Waals surface area contributed by atoms with Crippen LogP contribution in [0.2, 0.25) is 0 Å². The fourth-order valence-corrected chi connectivity index (χ4v) is 1.31. The topological polar surface area (TPSA) is 23.5 Å². The maximum absolute atomic E-state index is 11.8. The van der Waals surface area contributed by atoms with Crippen LogP contribution in [0.5, 0.6) is 0 Å². The van der Waals surface area contributed by atoms with Crippen molar-refractivity contribution in [1.82, 2.24) is 4.90 Å². The van der Waals surface area contributed by atoms with E-state index in [1.807, 2.05) is 0 Å². The number of hydrogen-bond donors (Lipinski definition) is 1. The number of likely N-dealkylation sites (tertiary alicyclic amines) is 1. The number of aliphatic hydroxyl groups excluding tert-OH is 1. The summed E-state index contributed by atoms with van der Waals surface area (Å²) in [5.41, 5.74) is 0. The van der Waals surface area contributed by atoms with E-state index in [0.29, 0.717) is 13.1 Å². The van der Waals surface area contributed by atoms with Crippen molar-refractivity contribution < 1.29 is 18.3 Å². The molecule has 1 N–H and O–H groups in total. The maximum Gasteiger partial charge on any atom is 0.415 e. The Balaban J connectivity index is 2.30. The molecule has 0 aromatic heterocycles. The molecule has 0 radical (unpaired) electrons. The molecule has 1 unspecified atom stereocenters. The van der Waals surface area contributed by atoms with E-state index in [0.717, 1.165) is 12.8 Å². The van der Waals surface area contributed by atoms with E-state index in [9.17, 15) is 13.2 Å². The van der Waals surface area contributed by atoms with Crippen molar-refractivity contribution >= 4 is 0 Å². The van der Waals surface area contributed by atoms with Gasteiger partial charge in [-0.25, -0.2) is 0 Å². The normalized spacial score (nSPS) is 23.0. The van der Waals surface area contributed by atoms with Gasteiger partial charge in [-0.3, -0.25) is 0 Å². The molecule has 12 heavy (non-hydrogen) atoms. The molecule has 0 aromatic rings. The summed E-state index contributed by atoms with van der Waals surface area (Å²) in [5, 5.41) is 8.68. The molecule has 1 fully saturated rings. The average Bonchev–Trinajstić information content (AvgIpc) is 2.37. The third-order valence-electron chi connectivity index (χ3n) is 2.01. The van der Waals surface area contributed by atoms with E-state index < -0.39 is 12.3 Å². The van der Waals surface area contributed by atoms with E-state index in [-0.39, 0.29) is 6.54 Å². The van der Waals surface area contributed by atoms with Gasteiger partial charge in [-0.15, -0.1) is 0 Å². The molecule has 1 aliphatic rings. The lowest BCUT2D eigenvalue weighted by Crippen LogP contribution is -2.39. The molecule has 72 valence electrons. The van der Waals surface area contributed by atoms with Crippen LogP contribution >= 0.6 is 0 Å². The number of halogens is 3. The summed E-state index contributed by atoms with van der Waals surface area (Å²) >= 11 is 0. The predicted molar refractivity (Wildman–Crippen MR) is 37.7 cm³/mol. The Bertz CT molecular complexity index is 142. The lowest BCUT2D eigenvalue weighted by atomic mass is 10.3. The fourth-order valence-electron chi connectivity index (χ4n) is 1.31. The first kappa shape index (κ1) is 9.80. The first-order valence-electron chi connectivity index (χ1n) is 3.97. The largest absolute Gasteiger partial charge is 0.415 e. The quantitative estimate of drug-likeness (QED) is 0.690. The second kappa shape index (κ2) is 3.62. The molecule has 1 aliphatic heterocycles. The minimum absolute atomic E-state index is 0.274. The van der Waals surface area contributed by atoms with Crippen LogP contribution < -0.4 is 0 Å². The van der Waals surface area contributed by atoms with Crippen molar-refractivity contribution in [1.29, 1.82) is 0 Å². The molecule has 0 saturated carbocycles. The van der Waals surface area contributed by atoms with Gasteiger partial charge in [0.05, 0.1) is 0 Å². The van der Waals surface area contributed by atoms with Crippen LogP contribution in [0.1, 0.15) is 12.8 Å². The van der Waals surface area contributed by atoms with Crippen molar-refractivity contribution in [3.05, 3.63) is 0 Å². The third-order valence-corrected chi connectivity index (χ3v) is 2.01. The van der Waals surface area contributed by atoms with E-state index in [1.165, 1.54) is 0 Å². The molecule has 0 aromatic carbocycles. The summed E-state index contributed by atoms with van der Waals surface area (Å²) in [6, 6.07) is 0. The minimum atomic E-state index is -4.47. The summed E-state index contributed by atoms with van der Waals surface area (Å²) in [4.78, 5) is 1.64. The van der Waals surface area contributed by atoms with Gasteiger partial charge in [0.15, 0.2) is 6.10 Å². The van der Waals surface area contributed by atoms with Crippen LogP contribution in [0, 0.1) is 0 Å². The van der Waals surface area contributed by atoms with E-state index >= 15 is 0 Å². The number of hydrogen-bond acceptors (Lipinski definition) is 2. The SMILES string of the molecule is OC(CN1CCCC1)C(F)(F)F. The highest BCUT2D eigenvalue weighted by Crippen LogP contribution is 2.21. The molecule has 0 spiro atoms. The van der Waals surface area contributed by atoms with Crippen LogP contribution in [-0.4, -0.2) is 41.9 Å². The first-order chi connectivity index (χ1) is 5.50. The van der Waals surface area contributed by atoms with Gasteiger partial charge in [0.2, 0.25) is 0 Å². The van der Waals surface area contributed by atoms with Gasteiger partial charge >= 0.3 is 6.18 Å². The lowest BCUT2D eigenvalue weighted by Gasteiger charge is -2.20. The number of aliphatic hydroxyl groups is 1. The smallest absolute Gasteiger partial charge is 0.382 e. The van der Waals surface area contributed by atoms with Crippen molar-refractivity contribution in [3.63, 3.8) is 0 Å². The van der Waals surface area contributed by atoms with E-state index in [2.05, 4.69) is 0 Å². The summed E-state index contributed by atoms with van der Waals surface area (Å²) < 4.78 is 35.5. The molecule has 0 amide bonds. The Hall–Kier alpha value is -0.290. The van der Waals surface area contributed by atoms with Crippen molar-refractivity contribution in [2.24, 2.45) is 0 Å². The fraction of sp³-hybridized carbons (Fsp3) is 1.00. The Morgan fingerprint density at radius 1 is 1.25 bits per heavy atom. The third kappa shape index (κ3) is 2.64. The summed E-state index contributed by atoms with van der Waals surface area (Å²) in [7, 11) is 0. The van der Waals surface area contributed by atoms with Crippen molar-refractivity contribution in [2.45, 2.75) is 25.1 Å². The van der Waals surface area contributed by atoms with Crippen LogP contribution in [0.25, 0.3) is 0 Å². The molecule has 1 saturated heterocycles. The average molecular weight is 183 g/mol. The van der Waals surface area contributed by atoms with Crippen LogP contribution in [-0.2, 0) is 0 Å². The first-order valence-corrected chi connectivity index (χ1v) is 3.97. The van der Waals surface area contributed by atoms with Crippen LogP contribution in [0.15, 0.2) is 0 Å². The lowest BCUT2D eigenvalue weighted by molar-refractivity contribution is -0.207. The molecule has 0 bridgehead atoms. The van der Waals surface area contributed by atoms with Gasteiger partial charge in [-0.1, -0.05) is 0 Å².